The third-order valence-electron chi connectivity index (χ3n) is 7.21. The van der Waals surface area contributed by atoms with Gasteiger partial charge in [-0.3, -0.25) is 0 Å². The van der Waals surface area contributed by atoms with Crippen molar-refractivity contribution >= 4 is 28.5 Å². The summed E-state index contributed by atoms with van der Waals surface area (Å²) in [5, 5.41) is 16.4. The van der Waals surface area contributed by atoms with Crippen LogP contribution in [0.3, 0.4) is 0 Å². The first-order valence-electron chi connectivity index (χ1n) is 12.5. The molecule has 0 amide bonds. The molecule has 0 radical (unpaired) electrons. The van der Waals surface area contributed by atoms with E-state index in [9.17, 15) is 5.26 Å². The van der Waals surface area contributed by atoms with Crippen molar-refractivity contribution in [3.63, 3.8) is 0 Å². The highest BCUT2D eigenvalue weighted by atomic mass is 19.1. The van der Waals surface area contributed by atoms with Crippen molar-refractivity contribution in [3.8, 4) is 17.3 Å². The highest BCUT2D eigenvalue weighted by molar-refractivity contribution is 5.84. The number of fused-ring (bicyclic) bond motifs is 1. The number of imidazole rings is 1. The molecule has 1 saturated carbocycles. The molecule has 1 aromatic carbocycles. The number of benzene rings is 1. The van der Waals surface area contributed by atoms with Gasteiger partial charge < -0.3 is 20.1 Å². The fourth-order valence-electron chi connectivity index (χ4n) is 5.23. The molecule has 1 aliphatic heterocycles. The standard InChI is InChI=1S/C27H28FN9/c1-16(2)37-17(3)33-25-21(28)10-18(11-22(25)37)24-19(12-29)13-31-26(35-24)34-23-5-4-20(14-30-23)36-9-8-32-27(15-36)6-7-27/h4-5,10-11,13-14,16,32H,6-9,15H2,1-3H3,(H,30,31,34,35). The van der Waals surface area contributed by atoms with E-state index in [-0.39, 0.29) is 23.1 Å². The summed E-state index contributed by atoms with van der Waals surface area (Å²) in [5.74, 6) is 1.15. The molecule has 188 valence electrons. The van der Waals surface area contributed by atoms with Crippen LogP contribution in [0.15, 0.2) is 36.7 Å². The normalized spacial score (nSPS) is 16.4. The number of halogens is 1. The molecule has 9 nitrogen and oxygen atoms in total. The maximum absolute atomic E-state index is 15.1. The second-order valence-corrected chi connectivity index (χ2v) is 10.2. The quantitative estimate of drug-likeness (QED) is 0.416. The molecule has 2 aliphatic rings. The van der Waals surface area contributed by atoms with Crippen LogP contribution in [0.4, 0.5) is 21.8 Å². The van der Waals surface area contributed by atoms with Gasteiger partial charge in [0.2, 0.25) is 5.95 Å². The van der Waals surface area contributed by atoms with Crippen LogP contribution in [0.1, 0.15) is 44.1 Å². The van der Waals surface area contributed by atoms with E-state index >= 15 is 4.39 Å². The molecule has 4 aromatic rings. The lowest BCUT2D eigenvalue weighted by molar-refractivity contribution is 0.442. The Balaban J connectivity index is 1.30. The summed E-state index contributed by atoms with van der Waals surface area (Å²) in [7, 11) is 0. The van der Waals surface area contributed by atoms with Gasteiger partial charge in [0.25, 0.3) is 0 Å². The number of pyridine rings is 1. The topological polar surface area (TPSA) is 108 Å². The van der Waals surface area contributed by atoms with E-state index in [0.717, 1.165) is 31.1 Å². The third kappa shape index (κ3) is 4.25. The summed E-state index contributed by atoms with van der Waals surface area (Å²) in [6.45, 7) is 8.84. The molecule has 1 saturated heterocycles. The molecule has 3 aromatic heterocycles. The zero-order chi connectivity index (χ0) is 25.7. The van der Waals surface area contributed by atoms with Gasteiger partial charge in [-0.2, -0.15) is 5.26 Å². The number of aryl methyl sites for hydroxylation is 1. The van der Waals surface area contributed by atoms with E-state index in [4.69, 9.17) is 0 Å². The summed E-state index contributed by atoms with van der Waals surface area (Å²) in [4.78, 5) is 20.2. The van der Waals surface area contributed by atoms with E-state index < -0.39 is 5.82 Å². The molecule has 0 unspecified atom stereocenters. The lowest BCUT2D eigenvalue weighted by atomic mass is 10.1. The monoisotopic (exact) mass is 497 g/mol. The van der Waals surface area contributed by atoms with Gasteiger partial charge in [0.05, 0.1) is 34.9 Å². The molecule has 6 rings (SSSR count). The summed E-state index contributed by atoms with van der Waals surface area (Å²) >= 11 is 0. The molecular formula is C27H28FN9. The van der Waals surface area contributed by atoms with Crippen molar-refractivity contribution in [1.82, 2.24) is 29.8 Å². The van der Waals surface area contributed by atoms with Crippen LogP contribution >= 0.6 is 0 Å². The Morgan fingerprint density at radius 1 is 1.16 bits per heavy atom. The van der Waals surface area contributed by atoms with E-state index in [1.165, 1.54) is 25.1 Å². The number of rotatable bonds is 5. The number of hydrogen-bond acceptors (Lipinski definition) is 8. The van der Waals surface area contributed by atoms with E-state index in [1.54, 1.807) is 0 Å². The number of anilines is 3. The first-order valence-corrected chi connectivity index (χ1v) is 12.5. The summed E-state index contributed by atoms with van der Waals surface area (Å²) in [6, 6.07) is 9.37. The number of piperazine rings is 1. The number of aromatic nitrogens is 5. The summed E-state index contributed by atoms with van der Waals surface area (Å²) in [5.41, 5.74) is 3.44. The average molecular weight is 498 g/mol. The first kappa shape index (κ1) is 23.3. The van der Waals surface area contributed by atoms with Crippen LogP contribution in [0, 0.1) is 24.1 Å². The van der Waals surface area contributed by atoms with Gasteiger partial charge in [0, 0.05) is 36.8 Å². The van der Waals surface area contributed by atoms with E-state index in [0.29, 0.717) is 28.1 Å². The summed E-state index contributed by atoms with van der Waals surface area (Å²) in [6.07, 6.45) is 5.76. The smallest absolute Gasteiger partial charge is 0.228 e. The van der Waals surface area contributed by atoms with Crippen LogP contribution in [-0.2, 0) is 0 Å². The van der Waals surface area contributed by atoms with Crippen LogP contribution in [-0.4, -0.2) is 49.7 Å². The molecule has 4 heterocycles. The Morgan fingerprint density at radius 3 is 2.70 bits per heavy atom. The first-order chi connectivity index (χ1) is 17.9. The predicted molar refractivity (Wildman–Crippen MR) is 140 cm³/mol. The minimum atomic E-state index is -0.454. The lowest BCUT2D eigenvalue weighted by Crippen LogP contribution is -2.52. The van der Waals surface area contributed by atoms with Gasteiger partial charge in [-0.05, 0) is 57.9 Å². The Hall–Kier alpha value is -4.10. The van der Waals surface area contributed by atoms with E-state index in [2.05, 4.69) is 41.5 Å². The van der Waals surface area contributed by atoms with Crippen LogP contribution in [0.5, 0.6) is 0 Å². The van der Waals surface area contributed by atoms with E-state index in [1.807, 2.05) is 49.7 Å². The Labute approximate surface area is 214 Å². The van der Waals surface area contributed by atoms with Gasteiger partial charge in [-0.15, -0.1) is 0 Å². The fraction of sp³-hybridized carbons (Fsp3) is 0.370. The Bertz CT molecular complexity index is 1530. The highest BCUT2D eigenvalue weighted by Gasteiger charge is 2.45. The molecule has 1 spiro atoms. The SMILES string of the molecule is Cc1nc2c(F)cc(-c3nc(Nc4ccc(N5CCNC6(CC6)C5)cn4)ncc3C#N)cc2n1C(C)C. The average Bonchev–Trinajstić information content (AvgIpc) is 3.53. The van der Waals surface area contributed by atoms with Gasteiger partial charge in [-0.25, -0.2) is 24.3 Å². The number of nitrogens with zero attached hydrogens (tertiary/aromatic N) is 7. The maximum Gasteiger partial charge on any atom is 0.228 e. The zero-order valence-corrected chi connectivity index (χ0v) is 21.1. The largest absolute Gasteiger partial charge is 0.367 e. The lowest BCUT2D eigenvalue weighted by Gasteiger charge is -2.35. The van der Waals surface area contributed by atoms with Crippen molar-refractivity contribution in [2.75, 3.05) is 29.9 Å². The minimum absolute atomic E-state index is 0.0998. The molecule has 37 heavy (non-hydrogen) atoms. The second kappa shape index (κ2) is 8.78. The number of nitriles is 1. The molecule has 0 bridgehead atoms. The summed E-state index contributed by atoms with van der Waals surface area (Å²) < 4.78 is 17.1. The molecular weight excluding hydrogens is 469 g/mol. The molecule has 2 fully saturated rings. The van der Waals surface area contributed by atoms with Crippen LogP contribution < -0.4 is 15.5 Å². The minimum Gasteiger partial charge on any atom is -0.367 e. The molecule has 0 atom stereocenters. The van der Waals surface area contributed by atoms with Crippen molar-refractivity contribution in [2.24, 2.45) is 0 Å². The molecule has 10 heteroatoms. The van der Waals surface area contributed by atoms with Gasteiger partial charge in [-0.1, -0.05) is 0 Å². The van der Waals surface area contributed by atoms with Crippen molar-refractivity contribution in [1.29, 1.82) is 5.26 Å². The van der Waals surface area contributed by atoms with Crippen molar-refractivity contribution in [3.05, 3.63) is 53.9 Å². The molecule has 1 aliphatic carbocycles. The Kier molecular flexibility index (Phi) is 5.53. The van der Waals surface area contributed by atoms with Crippen LogP contribution in [0.25, 0.3) is 22.3 Å². The van der Waals surface area contributed by atoms with Crippen molar-refractivity contribution < 1.29 is 4.39 Å². The van der Waals surface area contributed by atoms with Gasteiger partial charge in [0.1, 0.15) is 23.2 Å². The third-order valence-corrected chi connectivity index (χ3v) is 7.21. The number of nitrogens with one attached hydrogen (secondary N) is 2. The predicted octanol–water partition coefficient (Wildman–Crippen LogP) is 4.47. The van der Waals surface area contributed by atoms with Gasteiger partial charge in [0.15, 0.2) is 5.82 Å². The Morgan fingerprint density at radius 2 is 2.00 bits per heavy atom. The fourth-order valence-corrected chi connectivity index (χ4v) is 5.23. The molecule has 2 N–H and O–H groups in total. The van der Waals surface area contributed by atoms with Gasteiger partial charge >= 0.3 is 0 Å². The number of hydrogen-bond donors (Lipinski definition) is 2. The highest BCUT2D eigenvalue weighted by Crippen LogP contribution is 2.38. The van der Waals surface area contributed by atoms with Crippen molar-refractivity contribution in [2.45, 2.75) is 45.2 Å². The zero-order valence-electron chi connectivity index (χ0n) is 21.1. The van der Waals surface area contributed by atoms with Crippen LogP contribution in [0.2, 0.25) is 0 Å². The second-order valence-electron chi connectivity index (χ2n) is 10.2. The maximum atomic E-state index is 15.1.